The fourth-order valence-corrected chi connectivity index (χ4v) is 1.83. The summed E-state index contributed by atoms with van der Waals surface area (Å²) < 4.78 is 10.5. The summed E-state index contributed by atoms with van der Waals surface area (Å²) >= 11 is 0. The second-order valence-electron chi connectivity index (χ2n) is 4.15. The van der Waals surface area contributed by atoms with Gasteiger partial charge in [0.1, 0.15) is 17.1 Å². The van der Waals surface area contributed by atoms with E-state index in [4.69, 9.17) is 15.0 Å². The molecule has 0 bridgehead atoms. The molecule has 1 aromatic carbocycles. The zero-order valence-corrected chi connectivity index (χ0v) is 10.5. The van der Waals surface area contributed by atoms with Crippen LogP contribution in [0.3, 0.4) is 0 Å². The summed E-state index contributed by atoms with van der Waals surface area (Å²) in [6.07, 6.45) is 0. The minimum absolute atomic E-state index is 0.595. The molecule has 4 heteroatoms. The Bertz CT molecular complexity index is 559. The number of nitrogens with two attached hydrogens (primary N) is 1. The molecule has 90 valence electrons. The van der Waals surface area contributed by atoms with E-state index in [1.165, 1.54) is 0 Å². The second-order valence-corrected chi connectivity index (χ2v) is 4.15. The van der Waals surface area contributed by atoms with Gasteiger partial charge in [-0.15, -0.1) is 0 Å². The normalized spacial score (nSPS) is 10.6. The second kappa shape index (κ2) is 4.13. The molecule has 1 aromatic heterocycles. The van der Waals surface area contributed by atoms with Gasteiger partial charge in [0, 0.05) is 5.56 Å². The first-order chi connectivity index (χ1) is 8.04. The van der Waals surface area contributed by atoms with Gasteiger partial charge in [-0.1, -0.05) is 5.16 Å². The van der Waals surface area contributed by atoms with Crippen molar-refractivity contribution in [3.05, 3.63) is 29.0 Å². The highest BCUT2D eigenvalue weighted by Crippen LogP contribution is 2.34. The number of aromatic nitrogens is 1. The molecule has 17 heavy (non-hydrogen) atoms. The van der Waals surface area contributed by atoms with Crippen LogP contribution in [0.4, 0.5) is 5.69 Å². The SMILES string of the molecule is COc1cc(C)c(-c2onc(C)c2N)cc1C. The monoisotopic (exact) mass is 232 g/mol. The first-order valence-corrected chi connectivity index (χ1v) is 5.42. The Labute approximate surface area is 100 Å². The fourth-order valence-electron chi connectivity index (χ4n) is 1.83. The molecule has 0 radical (unpaired) electrons. The van der Waals surface area contributed by atoms with Crippen molar-refractivity contribution in [2.45, 2.75) is 20.8 Å². The van der Waals surface area contributed by atoms with Crippen molar-refractivity contribution in [3.63, 3.8) is 0 Å². The third kappa shape index (κ3) is 1.86. The van der Waals surface area contributed by atoms with Crippen molar-refractivity contribution >= 4 is 5.69 Å². The predicted octanol–water partition coefficient (Wildman–Crippen LogP) is 2.86. The van der Waals surface area contributed by atoms with Crippen molar-refractivity contribution in [2.24, 2.45) is 0 Å². The Hall–Kier alpha value is -1.97. The van der Waals surface area contributed by atoms with Crippen LogP contribution in [0.2, 0.25) is 0 Å². The topological polar surface area (TPSA) is 61.3 Å². The molecule has 0 aliphatic heterocycles. The number of methoxy groups -OCH3 is 1. The summed E-state index contributed by atoms with van der Waals surface area (Å²) in [6.45, 7) is 5.81. The Morgan fingerprint density at radius 3 is 2.41 bits per heavy atom. The van der Waals surface area contributed by atoms with Gasteiger partial charge in [0.05, 0.1) is 7.11 Å². The van der Waals surface area contributed by atoms with Crippen LogP contribution in [0.1, 0.15) is 16.8 Å². The van der Waals surface area contributed by atoms with Crippen LogP contribution in [0.15, 0.2) is 16.7 Å². The Morgan fingerprint density at radius 2 is 1.88 bits per heavy atom. The summed E-state index contributed by atoms with van der Waals surface area (Å²) in [5.41, 5.74) is 10.3. The number of ether oxygens (including phenoxy) is 1. The van der Waals surface area contributed by atoms with E-state index in [-0.39, 0.29) is 0 Å². The smallest absolute Gasteiger partial charge is 0.190 e. The lowest BCUT2D eigenvalue weighted by molar-refractivity contribution is 0.411. The van der Waals surface area contributed by atoms with Crippen LogP contribution in [0.5, 0.6) is 5.75 Å². The molecular formula is C13H16N2O2. The van der Waals surface area contributed by atoms with E-state index >= 15 is 0 Å². The molecule has 0 saturated heterocycles. The van der Waals surface area contributed by atoms with E-state index in [0.29, 0.717) is 17.1 Å². The van der Waals surface area contributed by atoms with Crippen LogP contribution < -0.4 is 10.5 Å². The Morgan fingerprint density at radius 1 is 1.18 bits per heavy atom. The van der Waals surface area contributed by atoms with Crippen LogP contribution in [0.25, 0.3) is 11.3 Å². The summed E-state index contributed by atoms with van der Waals surface area (Å²) in [5.74, 6) is 1.49. The van der Waals surface area contributed by atoms with Crippen molar-refractivity contribution in [1.29, 1.82) is 0 Å². The molecular weight excluding hydrogens is 216 g/mol. The highest BCUT2D eigenvalue weighted by Gasteiger charge is 2.15. The minimum Gasteiger partial charge on any atom is -0.496 e. The third-order valence-electron chi connectivity index (χ3n) is 2.89. The number of nitrogen functional groups attached to an aromatic ring is 1. The number of hydrogen-bond donors (Lipinski definition) is 1. The molecule has 2 aromatic rings. The number of benzene rings is 1. The summed E-state index contributed by atoms with van der Waals surface area (Å²) in [5, 5.41) is 3.87. The number of rotatable bonds is 2. The molecule has 0 saturated carbocycles. The fraction of sp³-hybridized carbons (Fsp3) is 0.308. The maximum Gasteiger partial charge on any atom is 0.190 e. The van der Waals surface area contributed by atoms with E-state index in [2.05, 4.69) is 5.16 Å². The van der Waals surface area contributed by atoms with E-state index in [0.717, 1.165) is 22.4 Å². The number of anilines is 1. The molecule has 1 heterocycles. The molecule has 0 atom stereocenters. The van der Waals surface area contributed by atoms with Crippen molar-refractivity contribution in [2.75, 3.05) is 12.8 Å². The van der Waals surface area contributed by atoms with Crippen LogP contribution in [0, 0.1) is 20.8 Å². The number of hydrogen-bond acceptors (Lipinski definition) is 4. The quantitative estimate of drug-likeness (QED) is 0.864. The average Bonchev–Trinajstić information content (AvgIpc) is 2.63. The highest BCUT2D eigenvalue weighted by molar-refractivity contribution is 5.75. The molecule has 0 spiro atoms. The molecule has 0 unspecified atom stereocenters. The van der Waals surface area contributed by atoms with E-state index in [1.54, 1.807) is 7.11 Å². The lowest BCUT2D eigenvalue weighted by Gasteiger charge is -2.09. The Kier molecular flexibility index (Phi) is 2.79. The van der Waals surface area contributed by atoms with Gasteiger partial charge >= 0.3 is 0 Å². The van der Waals surface area contributed by atoms with E-state index in [1.807, 2.05) is 32.9 Å². The molecule has 2 N–H and O–H groups in total. The van der Waals surface area contributed by atoms with Gasteiger partial charge in [-0.05, 0) is 44.0 Å². The molecule has 4 nitrogen and oxygen atoms in total. The van der Waals surface area contributed by atoms with Gasteiger partial charge in [-0.25, -0.2) is 0 Å². The standard InChI is InChI=1S/C13H16N2O2/c1-7-6-11(16-4)8(2)5-10(7)13-12(14)9(3)15-17-13/h5-6H,14H2,1-4H3. The molecule has 0 aliphatic carbocycles. The zero-order valence-electron chi connectivity index (χ0n) is 10.5. The lowest BCUT2D eigenvalue weighted by Crippen LogP contribution is -1.93. The van der Waals surface area contributed by atoms with Gasteiger partial charge in [-0.2, -0.15) is 0 Å². The first-order valence-electron chi connectivity index (χ1n) is 5.42. The van der Waals surface area contributed by atoms with Crippen molar-refractivity contribution in [1.82, 2.24) is 5.16 Å². The zero-order chi connectivity index (χ0) is 12.6. The van der Waals surface area contributed by atoms with Gasteiger partial charge in [0.25, 0.3) is 0 Å². The van der Waals surface area contributed by atoms with Gasteiger partial charge in [0.15, 0.2) is 5.76 Å². The molecule has 0 aliphatic rings. The van der Waals surface area contributed by atoms with Crippen molar-refractivity contribution in [3.8, 4) is 17.1 Å². The number of aryl methyl sites for hydroxylation is 3. The predicted molar refractivity (Wildman–Crippen MR) is 67.1 cm³/mol. The Balaban J connectivity index is 2.60. The van der Waals surface area contributed by atoms with Crippen molar-refractivity contribution < 1.29 is 9.26 Å². The molecule has 0 amide bonds. The van der Waals surface area contributed by atoms with Gasteiger partial charge in [0.2, 0.25) is 0 Å². The average molecular weight is 232 g/mol. The maximum absolute atomic E-state index is 5.94. The molecule has 2 rings (SSSR count). The largest absolute Gasteiger partial charge is 0.496 e. The summed E-state index contributed by atoms with van der Waals surface area (Å²) in [7, 11) is 1.66. The van der Waals surface area contributed by atoms with Crippen LogP contribution in [-0.4, -0.2) is 12.3 Å². The first kappa shape index (κ1) is 11.5. The van der Waals surface area contributed by atoms with Crippen LogP contribution in [-0.2, 0) is 0 Å². The van der Waals surface area contributed by atoms with Gasteiger partial charge < -0.3 is 15.0 Å². The van der Waals surface area contributed by atoms with Gasteiger partial charge in [-0.3, -0.25) is 0 Å². The molecule has 0 fully saturated rings. The maximum atomic E-state index is 5.94. The third-order valence-corrected chi connectivity index (χ3v) is 2.89. The lowest BCUT2D eigenvalue weighted by atomic mass is 10.0. The number of nitrogens with zero attached hydrogens (tertiary/aromatic N) is 1. The minimum atomic E-state index is 0.595. The van der Waals surface area contributed by atoms with E-state index < -0.39 is 0 Å². The van der Waals surface area contributed by atoms with E-state index in [9.17, 15) is 0 Å². The highest BCUT2D eigenvalue weighted by atomic mass is 16.5. The summed E-state index contributed by atoms with van der Waals surface area (Å²) in [4.78, 5) is 0. The van der Waals surface area contributed by atoms with Crippen LogP contribution >= 0.6 is 0 Å². The summed E-state index contributed by atoms with van der Waals surface area (Å²) in [6, 6.07) is 3.98.